The van der Waals surface area contributed by atoms with Crippen LogP contribution in [-0.4, -0.2) is 31.7 Å². The van der Waals surface area contributed by atoms with Gasteiger partial charge in [0.05, 0.1) is 5.75 Å². The third-order valence-electron chi connectivity index (χ3n) is 4.12. The Kier molecular flexibility index (Phi) is 5.13. The summed E-state index contributed by atoms with van der Waals surface area (Å²) in [5.41, 5.74) is 2.27. The van der Waals surface area contributed by atoms with Gasteiger partial charge in [0.1, 0.15) is 6.04 Å². The van der Waals surface area contributed by atoms with Gasteiger partial charge in [-0.1, -0.05) is 53.6 Å². The van der Waals surface area contributed by atoms with Crippen molar-refractivity contribution in [1.29, 1.82) is 0 Å². The summed E-state index contributed by atoms with van der Waals surface area (Å²) in [5.74, 6) is -0.472. The molecule has 1 aliphatic heterocycles. The van der Waals surface area contributed by atoms with Gasteiger partial charge in [0.25, 0.3) is 0 Å². The first-order valence-corrected chi connectivity index (χ1v) is 9.94. The van der Waals surface area contributed by atoms with Crippen molar-refractivity contribution in [3.05, 3.63) is 70.2 Å². The lowest BCUT2D eigenvalue weighted by Crippen LogP contribution is -2.52. The molecule has 1 fully saturated rings. The number of hydrogen-bond donors (Lipinski definition) is 1. The van der Waals surface area contributed by atoms with Gasteiger partial charge in [-0.2, -0.15) is 4.31 Å². The van der Waals surface area contributed by atoms with Crippen LogP contribution in [0.1, 0.15) is 22.7 Å². The molecule has 1 saturated heterocycles. The predicted molar refractivity (Wildman–Crippen MR) is 97.7 cm³/mol. The fourth-order valence-electron chi connectivity index (χ4n) is 3.04. The highest BCUT2D eigenvalue weighted by Gasteiger charge is 2.38. The Morgan fingerprint density at radius 1 is 1.20 bits per heavy atom. The molecule has 1 heterocycles. The molecular formula is C18H19ClN2O3S. The van der Waals surface area contributed by atoms with E-state index in [1.165, 1.54) is 4.31 Å². The number of hydrogen-bond acceptors (Lipinski definition) is 3. The molecule has 25 heavy (non-hydrogen) atoms. The molecule has 1 N–H and O–H groups in total. The highest BCUT2D eigenvalue weighted by atomic mass is 35.5. The van der Waals surface area contributed by atoms with E-state index in [1.54, 1.807) is 30.3 Å². The first-order valence-electron chi connectivity index (χ1n) is 7.95. The molecule has 0 radical (unpaired) electrons. The van der Waals surface area contributed by atoms with Gasteiger partial charge in [-0.05, 0) is 30.2 Å². The summed E-state index contributed by atoms with van der Waals surface area (Å²) in [6.45, 7) is 2.44. The number of sulfonamides is 1. The molecule has 0 bridgehead atoms. The van der Waals surface area contributed by atoms with Gasteiger partial charge in [0, 0.05) is 18.1 Å². The molecular weight excluding hydrogens is 360 g/mol. The van der Waals surface area contributed by atoms with Gasteiger partial charge in [-0.3, -0.25) is 4.79 Å². The summed E-state index contributed by atoms with van der Waals surface area (Å²) in [6, 6.07) is 13.2. The van der Waals surface area contributed by atoms with Crippen LogP contribution < -0.4 is 5.32 Å². The van der Waals surface area contributed by atoms with E-state index in [0.717, 1.165) is 5.56 Å². The molecule has 1 unspecified atom stereocenters. The van der Waals surface area contributed by atoms with Crippen LogP contribution in [0, 0.1) is 6.92 Å². The van der Waals surface area contributed by atoms with Crippen LogP contribution in [0.3, 0.4) is 0 Å². The number of halogens is 1. The Bertz CT molecular complexity index is 899. The van der Waals surface area contributed by atoms with Gasteiger partial charge < -0.3 is 5.32 Å². The quantitative estimate of drug-likeness (QED) is 0.889. The second kappa shape index (κ2) is 7.15. The maximum atomic E-state index is 13.0. The Morgan fingerprint density at radius 3 is 2.68 bits per heavy atom. The summed E-state index contributed by atoms with van der Waals surface area (Å²) in [6.07, 6.45) is 0. The van der Waals surface area contributed by atoms with Crippen molar-refractivity contribution in [2.75, 3.05) is 13.1 Å². The number of rotatable bonds is 4. The van der Waals surface area contributed by atoms with E-state index in [0.29, 0.717) is 22.7 Å². The number of carbonyl (C=O) groups is 1. The van der Waals surface area contributed by atoms with Crippen LogP contribution in [0.4, 0.5) is 0 Å². The number of carbonyl (C=O) groups excluding carboxylic acids is 1. The molecule has 1 aliphatic rings. The highest BCUT2D eigenvalue weighted by Crippen LogP contribution is 2.29. The molecule has 2 aromatic rings. The van der Waals surface area contributed by atoms with E-state index in [2.05, 4.69) is 5.32 Å². The van der Waals surface area contributed by atoms with Gasteiger partial charge in [0.2, 0.25) is 15.9 Å². The van der Waals surface area contributed by atoms with E-state index in [-0.39, 0.29) is 18.2 Å². The summed E-state index contributed by atoms with van der Waals surface area (Å²) in [7, 11) is -3.67. The van der Waals surface area contributed by atoms with Gasteiger partial charge >= 0.3 is 0 Å². The first-order chi connectivity index (χ1) is 11.9. The molecule has 0 saturated carbocycles. The zero-order valence-corrected chi connectivity index (χ0v) is 15.3. The minimum atomic E-state index is -3.67. The highest BCUT2D eigenvalue weighted by molar-refractivity contribution is 7.88. The van der Waals surface area contributed by atoms with Crippen molar-refractivity contribution in [2.24, 2.45) is 0 Å². The lowest BCUT2D eigenvalue weighted by Gasteiger charge is -2.34. The smallest absolute Gasteiger partial charge is 0.243 e. The minimum absolute atomic E-state index is 0.140. The van der Waals surface area contributed by atoms with E-state index < -0.39 is 16.1 Å². The summed E-state index contributed by atoms with van der Waals surface area (Å²) in [5, 5.41) is 3.20. The third kappa shape index (κ3) is 4.03. The Hall–Kier alpha value is -1.89. The lowest BCUT2D eigenvalue weighted by molar-refractivity contribution is -0.126. The van der Waals surface area contributed by atoms with E-state index in [4.69, 9.17) is 11.6 Å². The second-order valence-corrected chi connectivity index (χ2v) is 8.46. The normalized spacial score (nSPS) is 18.8. The monoisotopic (exact) mass is 378 g/mol. The van der Waals surface area contributed by atoms with E-state index in [9.17, 15) is 13.2 Å². The zero-order chi connectivity index (χ0) is 18.0. The zero-order valence-electron chi connectivity index (χ0n) is 13.8. The van der Waals surface area contributed by atoms with Crippen LogP contribution in [0.5, 0.6) is 0 Å². The van der Waals surface area contributed by atoms with Crippen LogP contribution in [0.25, 0.3) is 0 Å². The Morgan fingerprint density at radius 2 is 1.96 bits per heavy atom. The largest absolute Gasteiger partial charge is 0.353 e. The molecule has 132 valence electrons. The molecule has 5 nitrogen and oxygen atoms in total. The van der Waals surface area contributed by atoms with E-state index >= 15 is 0 Å². The van der Waals surface area contributed by atoms with Crippen molar-refractivity contribution in [2.45, 2.75) is 18.7 Å². The third-order valence-corrected chi connectivity index (χ3v) is 6.16. The predicted octanol–water partition coefficient (Wildman–Crippen LogP) is 2.65. The van der Waals surface area contributed by atoms with Crippen molar-refractivity contribution in [1.82, 2.24) is 9.62 Å². The van der Waals surface area contributed by atoms with Gasteiger partial charge in [0.15, 0.2) is 0 Å². The van der Waals surface area contributed by atoms with Crippen molar-refractivity contribution >= 4 is 27.5 Å². The fourth-order valence-corrected chi connectivity index (χ4v) is 4.91. The molecule has 0 aromatic heterocycles. The number of piperazine rings is 1. The molecule has 2 aromatic carbocycles. The Balaban J connectivity index is 1.95. The molecule has 0 spiro atoms. The van der Waals surface area contributed by atoms with Crippen LogP contribution >= 0.6 is 11.6 Å². The molecule has 3 rings (SSSR count). The van der Waals surface area contributed by atoms with Crippen LogP contribution in [0.2, 0.25) is 5.02 Å². The maximum absolute atomic E-state index is 13.0. The summed E-state index contributed by atoms with van der Waals surface area (Å²) in [4.78, 5) is 12.4. The molecule has 0 aliphatic carbocycles. The lowest BCUT2D eigenvalue weighted by atomic mass is 10.0. The number of benzene rings is 2. The fraction of sp³-hybridized carbons (Fsp3) is 0.278. The number of amides is 1. The standard InChI is InChI=1S/C18H19ClN2O3S/c1-13-4-2-5-14(10-13)12-25(23,24)21-9-8-20-18(22)17(21)15-6-3-7-16(19)11-15/h2-7,10-11,17H,8-9,12H2,1H3,(H,20,22). The van der Waals surface area contributed by atoms with Crippen molar-refractivity contribution < 1.29 is 13.2 Å². The topological polar surface area (TPSA) is 66.5 Å². The van der Waals surface area contributed by atoms with E-state index in [1.807, 2.05) is 25.1 Å². The second-order valence-electron chi connectivity index (χ2n) is 6.10. The minimum Gasteiger partial charge on any atom is -0.353 e. The van der Waals surface area contributed by atoms with Gasteiger partial charge in [-0.15, -0.1) is 0 Å². The average Bonchev–Trinajstić information content (AvgIpc) is 2.54. The van der Waals surface area contributed by atoms with Crippen molar-refractivity contribution in [3.63, 3.8) is 0 Å². The molecule has 1 amide bonds. The maximum Gasteiger partial charge on any atom is 0.243 e. The number of aryl methyl sites for hydroxylation is 1. The molecule has 1 atom stereocenters. The van der Waals surface area contributed by atoms with Crippen LogP contribution in [-0.2, 0) is 20.6 Å². The molecule has 7 heteroatoms. The van der Waals surface area contributed by atoms with Gasteiger partial charge in [-0.25, -0.2) is 8.42 Å². The average molecular weight is 379 g/mol. The Labute approximate surface area is 152 Å². The number of nitrogens with one attached hydrogen (secondary N) is 1. The number of nitrogens with zero attached hydrogens (tertiary/aromatic N) is 1. The first kappa shape index (κ1) is 17.9. The SMILES string of the molecule is Cc1cccc(CS(=O)(=O)N2CCNC(=O)C2c2cccc(Cl)c2)c1. The summed E-state index contributed by atoms with van der Waals surface area (Å²) >= 11 is 6.02. The van der Waals surface area contributed by atoms with Crippen molar-refractivity contribution in [3.8, 4) is 0 Å². The van der Waals surface area contributed by atoms with Crippen LogP contribution in [0.15, 0.2) is 48.5 Å². The summed E-state index contributed by atoms with van der Waals surface area (Å²) < 4.78 is 27.3.